The van der Waals surface area contributed by atoms with Gasteiger partial charge in [0.05, 0.1) is 0 Å². The molecule has 3 heteroatoms. The fourth-order valence-corrected chi connectivity index (χ4v) is 3.48. The Morgan fingerprint density at radius 2 is 2.28 bits per heavy atom. The van der Waals surface area contributed by atoms with Gasteiger partial charge in [-0.1, -0.05) is 6.07 Å². The van der Waals surface area contributed by atoms with Crippen LogP contribution in [0.25, 0.3) is 0 Å². The first-order chi connectivity index (χ1) is 8.74. The average Bonchev–Trinajstić information content (AvgIpc) is 2.98. The van der Waals surface area contributed by atoms with E-state index in [1.54, 1.807) is 11.3 Å². The largest absolute Gasteiger partial charge is 0.399 e. The van der Waals surface area contributed by atoms with Crippen LogP contribution in [0.1, 0.15) is 42.1 Å². The first kappa shape index (κ1) is 11.8. The standard InChI is InChI=1S/C15H18N2S/c1-10(12-6-7-18-9-12)17-15-5-2-11-8-13(16)3-4-14(11)15/h3-4,6-10,15,17H,2,5,16H2,1H3. The molecule has 3 rings (SSSR count). The van der Waals surface area contributed by atoms with E-state index in [2.05, 4.69) is 41.2 Å². The number of thiophene rings is 1. The van der Waals surface area contributed by atoms with Crippen molar-refractivity contribution in [3.8, 4) is 0 Å². The maximum atomic E-state index is 5.84. The molecule has 94 valence electrons. The van der Waals surface area contributed by atoms with Crippen molar-refractivity contribution in [2.24, 2.45) is 0 Å². The summed E-state index contributed by atoms with van der Waals surface area (Å²) in [5.41, 5.74) is 10.9. The molecule has 18 heavy (non-hydrogen) atoms. The molecule has 2 aromatic rings. The fourth-order valence-electron chi connectivity index (χ4n) is 2.73. The van der Waals surface area contributed by atoms with Gasteiger partial charge in [-0.15, -0.1) is 0 Å². The van der Waals surface area contributed by atoms with Gasteiger partial charge in [-0.3, -0.25) is 0 Å². The molecule has 1 aromatic carbocycles. The fraction of sp³-hybridized carbons (Fsp3) is 0.333. The number of nitrogens with two attached hydrogens (primary N) is 1. The number of nitrogens with one attached hydrogen (secondary N) is 1. The quantitative estimate of drug-likeness (QED) is 0.824. The first-order valence-corrected chi connectivity index (χ1v) is 7.35. The number of hydrogen-bond acceptors (Lipinski definition) is 3. The minimum atomic E-state index is 0.407. The minimum Gasteiger partial charge on any atom is -0.399 e. The lowest BCUT2D eigenvalue weighted by molar-refractivity contribution is 0.465. The van der Waals surface area contributed by atoms with Gasteiger partial charge in [0.2, 0.25) is 0 Å². The molecule has 0 fully saturated rings. The third-order valence-electron chi connectivity index (χ3n) is 3.74. The summed E-state index contributed by atoms with van der Waals surface area (Å²) in [5.74, 6) is 0. The van der Waals surface area contributed by atoms with E-state index >= 15 is 0 Å². The number of anilines is 1. The van der Waals surface area contributed by atoms with Gasteiger partial charge in [0.25, 0.3) is 0 Å². The summed E-state index contributed by atoms with van der Waals surface area (Å²) in [5, 5.41) is 8.08. The predicted octanol–water partition coefficient (Wildman–Crippen LogP) is 3.67. The van der Waals surface area contributed by atoms with Crippen molar-refractivity contribution in [1.82, 2.24) is 5.32 Å². The smallest absolute Gasteiger partial charge is 0.0331 e. The monoisotopic (exact) mass is 258 g/mol. The van der Waals surface area contributed by atoms with Gasteiger partial charge in [0.15, 0.2) is 0 Å². The molecule has 3 N–H and O–H groups in total. The number of rotatable bonds is 3. The predicted molar refractivity (Wildman–Crippen MR) is 77.8 cm³/mol. The molecule has 2 nitrogen and oxygen atoms in total. The van der Waals surface area contributed by atoms with Crippen molar-refractivity contribution in [3.63, 3.8) is 0 Å². The second-order valence-electron chi connectivity index (χ2n) is 4.99. The lowest BCUT2D eigenvalue weighted by Crippen LogP contribution is -2.22. The second kappa shape index (κ2) is 4.75. The van der Waals surface area contributed by atoms with E-state index in [0.29, 0.717) is 12.1 Å². The van der Waals surface area contributed by atoms with Crippen LogP contribution in [0.5, 0.6) is 0 Å². The summed E-state index contributed by atoms with van der Waals surface area (Å²) in [6, 6.07) is 9.37. The van der Waals surface area contributed by atoms with Gasteiger partial charge in [-0.05, 0) is 65.4 Å². The van der Waals surface area contributed by atoms with E-state index in [9.17, 15) is 0 Å². The number of fused-ring (bicyclic) bond motifs is 1. The highest BCUT2D eigenvalue weighted by molar-refractivity contribution is 7.07. The van der Waals surface area contributed by atoms with Gasteiger partial charge in [0, 0.05) is 17.8 Å². The molecule has 1 aliphatic rings. The molecule has 0 saturated carbocycles. The Bertz CT molecular complexity index is 533. The normalized spacial score (nSPS) is 19.7. The van der Waals surface area contributed by atoms with E-state index in [0.717, 1.165) is 12.1 Å². The van der Waals surface area contributed by atoms with Crippen molar-refractivity contribution >= 4 is 17.0 Å². The van der Waals surface area contributed by atoms with E-state index < -0.39 is 0 Å². The zero-order valence-corrected chi connectivity index (χ0v) is 11.3. The molecule has 1 aromatic heterocycles. The van der Waals surface area contributed by atoms with Crippen molar-refractivity contribution in [1.29, 1.82) is 0 Å². The number of nitrogen functional groups attached to an aromatic ring is 1. The van der Waals surface area contributed by atoms with Gasteiger partial charge in [0.1, 0.15) is 0 Å². The second-order valence-corrected chi connectivity index (χ2v) is 5.77. The number of aryl methyl sites for hydroxylation is 1. The Morgan fingerprint density at radius 3 is 3.06 bits per heavy atom. The SMILES string of the molecule is CC(NC1CCc2cc(N)ccc21)c1ccsc1. The van der Waals surface area contributed by atoms with Crippen LogP contribution in [0.4, 0.5) is 5.69 Å². The molecule has 0 spiro atoms. The average molecular weight is 258 g/mol. The van der Waals surface area contributed by atoms with Crippen molar-refractivity contribution in [2.75, 3.05) is 5.73 Å². The maximum Gasteiger partial charge on any atom is 0.0331 e. The zero-order chi connectivity index (χ0) is 12.5. The lowest BCUT2D eigenvalue weighted by atomic mass is 10.1. The third kappa shape index (κ3) is 2.16. The Labute approximate surface area is 112 Å². The van der Waals surface area contributed by atoms with E-state index in [4.69, 9.17) is 5.73 Å². The maximum absolute atomic E-state index is 5.84. The summed E-state index contributed by atoms with van der Waals surface area (Å²) < 4.78 is 0. The zero-order valence-electron chi connectivity index (χ0n) is 10.5. The number of benzene rings is 1. The third-order valence-corrected chi connectivity index (χ3v) is 4.44. The van der Waals surface area contributed by atoms with Crippen molar-refractivity contribution in [3.05, 3.63) is 51.7 Å². The van der Waals surface area contributed by atoms with Crippen LogP contribution in [0.3, 0.4) is 0 Å². The molecule has 2 unspecified atom stereocenters. The summed E-state index contributed by atoms with van der Waals surface area (Å²) in [6.07, 6.45) is 2.31. The van der Waals surface area contributed by atoms with Crippen LogP contribution in [0.2, 0.25) is 0 Å². The van der Waals surface area contributed by atoms with Gasteiger partial charge in [-0.2, -0.15) is 11.3 Å². The van der Waals surface area contributed by atoms with Crippen LogP contribution in [0, 0.1) is 0 Å². The van der Waals surface area contributed by atoms with Crippen molar-refractivity contribution in [2.45, 2.75) is 31.8 Å². The molecule has 2 atom stereocenters. The highest BCUT2D eigenvalue weighted by Crippen LogP contribution is 2.34. The van der Waals surface area contributed by atoms with E-state index in [-0.39, 0.29) is 0 Å². The molecular weight excluding hydrogens is 240 g/mol. The highest BCUT2D eigenvalue weighted by atomic mass is 32.1. The van der Waals surface area contributed by atoms with Gasteiger partial charge < -0.3 is 11.1 Å². The molecule has 0 amide bonds. The Hall–Kier alpha value is -1.32. The van der Waals surface area contributed by atoms with Gasteiger partial charge >= 0.3 is 0 Å². The van der Waals surface area contributed by atoms with Crippen molar-refractivity contribution < 1.29 is 0 Å². The topological polar surface area (TPSA) is 38.0 Å². The van der Waals surface area contributed by atoms with E-state index in [1.165, 1.54) is 23.1 Å². The Kier molecular flexibility index (Phi) is 3.10. The molecule has 1 aliphatic carbocycles. The molecule has 0 saturated heterocycles. The molecule has 0 radical (unpaired) electrons. The van der Waals surface area contributed by atoms with Crippen LogP contribution < -0.4 is 11.1 Å². The van der Waals surface area contributed by atoms with Crippen LogP contribution >= 0.6 is 11.3 Å². The van der Waals surface area contributed by atoms with Crippen LogP contribution in [0.15, 0.2) is 35.0 Å². The lowest BCUT2D eigenvalue weighted by Gasteiger charge is -2.20. The van der Waals surface area contributed by atoms with Crippen LogP contribution in [-0.2, 0) is 6.42 Å². The molecule has 1 heterocycles. The number of hydrogen-bond donors (Lipinski definition) is 2. The minimum absolute atomic E-state index is 0.407. The summed E-state index contributed by atoms with van der Waals surface area (Å²) in [6.45, 7) is 2.23. The molecule has 0 bridgehead atoms. The Balaban J connectivity index is 1.77. The highest BCUT2D eigenvalue weighted by Gasteiger charge is 2.23. The van der Waals surface area contributed by atoms with Crippen LogP contribution in [-0.4, -0.2) is 0 Å². The van der Waals surface area contributed by atoms with E-state index in [1.807, 2.05) is 6.07 Å². The molecular formula is C15H18N2S. The Morgan fingerprint density at radius 1 is 1.39 bits per heavy atom. The van der Waals surface area contributed by atoms with Gasteiger partial charge in [-0.25, -0.2) is 0 Å². The summed E-state index contributed by atoms with van der Waals surface area (Å²) >= 11 is 1.76. The first-order valence-electron chi connectivity index (χ1n) is 6.40. The summed E-state index contributed by atoms with van der Waals surface area (Å²) in [7, 11) is 0. The summed E-state index contributed by atoms with van der Waals surface area (Å²) in [4.78, 5) is 0. The molecule has 0 aliphatic heterocycles.